The van der Waals surface area contributed by atoms with Crippen molar-refractivity contribution in [2.45, 2.75) is 11.8 Å². The molecule has 4 N–H and O–H groups in total. The molecule has 1 aromatic heterocycles. The fourth-order valence-electron chi connectivity index (χ4n) is 2.63. The smallest absolute Gasteiger partial charge is 0.358 e. The van der Waals surface area contributed by atoms with Gasteiger partial charge in [-0.1, -0.05) is 0 Å². The van der Waals surface area contributed by atoms with Crippen LogP contribution in [0.5, 0.6) is 5.88 Å². The summed E-state index contributed by atoms with van der Waals surface area (Å²) in [5.74, 6) is -3.41. The second kappa shape index (κ2) is 7.97. The molecule has 31 heavy (non-hydrogen) atoms. The van der Waals surface area contributed by atoms with Gasteiger partial charge >= 0.3 is 11.9 Å². The van der Waals surface area contributed by atoms with Crippen LogP contribution in [0.1, 0.15) is 26.4 Å². The maximum absolute atomic E-state index is 11.5. The van der Waals surface area contributed by atoms with E-state index in [0.717, 1.165) is 16.8 Å². The summed E-state index contributed by atoms with van der Waals surface area (Å²) in [6.45, 7) is 1.64. The van der Waals surface area contributed by atoms with E-state index >= 15 is 0 Å². The van der Waals surface area contributed by atoms with Gasteiger partial charge in [0, 0.05) is 0 Å². The molecule has 0 saturated heterocycles. The minimum atomic E-state index is -4.44. The number of hydrogen-bond acceptors (Lipinski definition) is 8. The summed E-state index contributed by atoms with van der Waals surface area (Å²) in [5, 5.41) is 40.2. The van der Waals surface area contributed by atoms with Crippen LogP contribution >= 0.6 is 0 Å². The minimum absolute atomic E-state index is 0.0498. The molecule has 0 aliphatic rings. The monoisotopic (exact) mass is 446 g/mol. The summed E-state index contributed by atoms with van der Waals surface area (Å²) in [7, 11) is -4.44. The van der Waals surface area contributed by atoms with Crippen LogP contribution in [0.2, 0.25) is 0 Å². The van der Waals surface area contributed by atoms with E-state index in [1.165, 1.54) is 30.3 Å². The van der Waals surface area contributed by atoms with Gasteiger partial charge in [-0.3, -0.25) is 4.55 Å². The molecule has 12 nitrogen and oxygen atoms in total. The lowest BCUT2D eigenvalue weighted by atomic mass is 10.1. The lowest BCUT2D eigenvalue weighted by Gasteiger charge is -2.03. The van der Waals surface area contributed by atoms with E-state index in [9.17, 15) is 28.2 Å². The maximum Gasteiger partial charge on any atom is 0.358 e. The highest BCUT2D eigenvalue weighted by Gasteiger charge is 2.24. The highest BCUT2D eigenvalue weighted by Crippen LogP contribution is 2.34. The second-order valence-corrected chi connectivity index (χ2v) is 7.69. The Balaban J connectivity index is 2.06. The Kier molecular flexibility index (Phi) is 5.55. The Labute approximate surface area is 174 Å². The molecule has 0 spiro atoms. The van der Waals surface area contributed by atoms with E-state index in [1.54, 1.807) is 6.92 Å². The van der Waals surface area contributed by atoms with Crippen LogP contribution in [0.15, 0.2) is 57.6 Å². The highest BCUT2D eigenvalue weighted by molar-refractivity contribution is 7.85. The van der Waals surface area contributed by atoms with Crippen LogP contribution < -0.4 is 0 Å². The van der Waals surface area contributed by atoms with Crippen LogP contribution in [0, 0.1) is 6.92 Å². The summed E-state index contributed by atoms with van der Waals surface area (Å²) in [4.78, 5) is 22.3. The summed E-state index contributed by atoms with van der Waals surface area (Å²) in [5.41, 5.74) is -0.427. The van der Waals surface area contributed by atoms with Crippen LogP contribution in [0.3, 0.4) is 0 Å². The van der Waals surface area contributed by atoms with Crippen molar-refractivity contribution in [3.8, 4) is 11.6 Å². The van der Waals surface area contributed by atoms with Crippen molar-refractivity contribution in [3.63, 3.8) is 0 Å². The number of nitrogens with zero attached hydrogens (tertiary/aromatic N) is 4. The number of rotatable bonds is 6. The largest absolute Gasteiger partial charge is 0.492 e. The van der Waals surface area contributed by atoms with Gasteiger partial charge in [-0.2, -0.15) is 23.3 Å². The fraction of sp³-hybridized carbons (Fsp3) is 0.0556. The van der Waals surface area contributed by atoms with Crippen molar-refractivity contribution < 1.29 is 37.9 Å². The predicted octanol–water partition coefficient (Wildman–Crippen LogP) is 2.94. The third-order valence-electron chi connectivity index (χ3n) is 3.99. The van der Waals surface area contributed by atoms with Crippen LogP contribution in [0.25, 0.3) is 5.69 Å². The quantitative estimate of drug-likeness (QED) is 0.325. The Bertz CT molecular complexity index is 1330. The number of benzene rings is 2. The zero-order valence-electron chi connectivity index (χ0n) is 15.7. The number of aromatic carboxylic acids is 2. The van der Waals surface area contributed by atoms with Gasteiger partial charge in [-0.25, -0.2) is 9.59 Å². The fourth-order valence-corrected chi connectivity index (χ4v) is 3.11. The Morgan fingerprint density at radius 1 is 1.00 bits per heavy atom. The summed E-state index contributed by atoms with van der Waals surface area (Å²) in [6, 6.07) is 8.57. The zero-order chi connectivity index (χ0) is 22.9. The third kappa shape index (κ3) is 4.57. The molecule has 160 valence electrons. The number of carboxylic acids is 2. The van der Waals surface area contributed by atoms with Gasteiger partial charge < -0.3 is 15.3 Å². The van der Waals surface area contributed by atoms with Crippen molar-refractivity contribution in [2.24, 2.45) is 10.2 Å². The van der Waals surface area contributed by atoms with Gasteiger partial charge in [0.2, 0.25) is 11.6 Å². The Hall–Kier alpha value is -4.10. The first-order chi connectivity index (χ1) is 14.5. The average molecular weight is 446 g/mol. The van der Waals surface area contributed by atoms with Gasteiger partial charge in [0.25, 0.3) is 10.1 Å². The zero-order valence-corrected chi connectivity index (χ0v) is 16.5. The normalized spacial score (nSPS) is 11.7. The second-order valence-electron chi connectivity index (χ2n) is 6.27. The molecule has 0 fully saturated rings. The molecule has 0 radical (unpaired) electrons. The third-order valence-corrected chi connectivity index (χ3v) is 4.86. The van der Waals surface area contributed by atoms with E-state index in [1.807, 2.05) is 0 Å². The first-order valence-corrected chi connectivity index (χ1v) is 9.81. The summed E-state index contributed by atoms with van der Waals surface area (Å²) < 4.78 is 32.1. The SMILES string of the molecule is Cc1cc(/N=N/c2c(C(=O)O)nn(-c3ccc(S(=O)(=O)O)cc3)c2O)cc(C(=O)O)c1. The number of carboxylic acid groups (broad SMARTS) is 2. The molecule has 0 atom stereocenters. The van der Waals surface area contributed by atoms with E-state index in [4.69, 9.17) is 9.66 Å². The summed E-state index contributed by atoms with van der Waals surface area (Å²) in [6.07, 6.45) is 0. The van der Waals surface area contributed by atoms with Crippen molar-refractivity contribution >= 4 is 33.4 Å². The van der Waals surface area contributed by atoms with E-state index in [0.29, 0.717) is 5.56 Å². The van der Waals surface area contributed by atoms with E-state index < -0.39 is 44.2 Å². The van der Waals surface area contributed by atoms with E-state index in [-0.39, 0.29) is 16.9 Å². The van der Waals surface area contributed by atoms with Crippen molar-refractivity contribution in [1.29, 1.82) is 0 Å². The molecule has 0 bridgehead atoms. The number of hydrogen-bond donors (Lipinski definition) is 4. The molecule has 13 heteroatoms. The average Bonchev–Trinajstić information content (AvgIpc) is 3.02. The van der Waals surface area contributed by atoms with Crippen LogP contribution in [-0.2, 0) is 10.1 Å². The number of azo groups is 1. The summed E-state index contributed by atoms with van der Waals surface area (Å²) >= 11 is 0. The van der Waals surface area contributed by atoms with Gasteiger partial charge in [0.15, 0.2) is 5.69 Å². The first-order valence-electron chi connectivity index (χ1n) is 8.37. The highest BCUT2D eigenvalue weighted by atomic mass is 32.2. The van der Waals surface area contributed by atoms with Crippen molar-refractivity contribution in [3.05, 3.63) is 59.3 Å². The molecular formula is C18H14N4O8S. The van der Waals surface area contributed by atoms with Gasteiger partial charge in [-0.15, -0.1) is 5.11 Å². The minimum Gasteiger partial charge on any atom is -0.492 e. The topological polar surface area (TPSA) is 192 Å². The molecule has 0 amide bonds. The lowest BCUT2D eigenvalue weighted by molar-refractivity contribution is 0.0682. The Morgan fingerprint density at radius 2 is 1.65 bits per heavy atom. The number of aromatic nitrogens is 2. The molecule has 1 heterocycles. The van der Waals surface area contributed by atoms with Crippen molar-refractivity contribution in [1.82, 2.24) is 9.78 Å². The van der Waals surface area contributed by atoms with Gasteiger partial charge in [0.05, 0.1) is 21.8 Å². The van der Waals surface area contributed by atoms with E-state index in [2.05, 4.69) is 15.3 Å². The maximum atomic E-state index is 11.5. The lowest BCUT2D eigenvalue weighted by Crippen LogP contribution is -2.02. The number of aromatic hydroxyl groups is 1. The number of aryl methyl sites for hydroxylation is 1. The first kappa shape index (κ1) is 21.6. The van der Waals surface area contributed by atoms with Crippen LogP contribution in [0.4, 0.5) is 11.4 Å². The molecule has 0 aliphatic carbocycles. The molecule has 2 aromatic carbocycles. The molecule has 0 aliphatic heterocycles. The Morgan fingerprint density at radius 3 is 2.19 bits per heavy atom. The van der Waals surface area contributed by atoms with Gasteiger partial charge in [0.1, 0.15) is 0 Å². The predicted molar refractivity (Wildman–Crippen MR) is 104 cm³/mol. The number of carbonyl (C=O) groups is 2. The van der Waals surface area contributed by atoms with Crippen LogP contribution in [-0.4, -0.2) is 50.0 Å². The molecule has 0 saturated carbocycles. The molecule has 3 aromatic rings. The molecule has 3 rings (SSSR count). The van der Waals surface area contributed by atoms with Crippen molar-refractivity contribution in [2.75, 3.05) is 0 Å². The van der Waals surface area contributed by atoms with Gasteiger partial charge in [-0.05, 0) is 55.0 Å². The molecule has 0 unspecified atom stereocenters. The standard InChI is InChI=1S/C18H14N4O8S/c1-9-6-10(17(24)25)8-11(7-9)19-20-14-15(18(26)27)21-22(16(14)23)12-2-4-13(5-3-12)31(28,29)30/h2-8,23H,1H3,(H,24,25)(H,26,27)(H,28,29,30)/b20-19+. The molecular weight excluding hydrogens is 432 g/mol.